The van der Waals surface area contributed by atoms with Crippen LogP contribution in [0.25, 0.3) is 22.5 Å². The Balaban J connectivity index is 1.81. The van der Waals surface area contributed by atoms with E-state index in [0.717, 1.165) is 12.1 Å². The van der Waals surface area contributed by atoms with Crippen LogP contribution in [-0.2, 0) is 0 Å². The van der Waals surface area contributed by atoms with Crippen molar-refractivity contribution in [2.75, 3.05) is 0 Å². The summed E-state index contributed by atoms with van der Waals surface area (Å²) in [4.78, 5) is 5.57. The second kappa shape index (κ2) is 6.68. The van der Waals surface area contributed by atoms with E-state index in [1.54, 1.807) is 36.7 Å². The van der Waals surface area contributed by atoms with Crippen LogP contribution < -0.4 is 4.74 Å². The Bertz CT molecular complexity index is 1000. The second-order valence-electron chi connectivity index (χ2n) is 5.75. The average Bonchev–Trinajstić information content (AvgIpc) is 3.35. The highest BCUT2D eigenvalue weighted by Crippen LogP contribution is 2.38. The molecule has 3 nitrogen and oxygen atoms in total. The molecule has 0 unspecified atom stereocenters. The number of hydrogen-bond donors (Lipinski definition) is 2. The molecule has 0 atom stereocenters. The molecule has 2 aromatic carbocycles. The zero-order valence-corrected chi connectivity index (χ0v) is 13.7. The smallest absolute Gasteiger partial charge is 0.199 e. The third-order valence-corrected chi connectivity index (χ3v) is 4.08. The number of ether oxygens (including phenoxy) is 1. The number of nitrogens with one attached hydrogen (secondary N) is 2. The molecule has 4 rings (SSSR count). The summed E-state index contributed by atoms with van der Waals surface area (Å²) in [6, 6.07) is 10.8. The summed E-state index contributed by atoms with van der Waals surface area (Å²) in [7, 11) is 0. The van der Waals surface area contributed by atoms with Gasteiger partial charge in [0.25, 0.3) is 0 Å². The molecule has 0 spiro atoms. The molecule has 0 saturated carbocycles. The van der Waals surface area contributed by atoms with E-state index < -0.39 is 34.8 Å². The number of aromatic amines is 2. The van der Waals surface area contributed by atoms with E-state index in [1.807, 2.05) is 0 Å². The topological polar surface area (TPSA) is 40.8 Å². The van der Waals surface area contributed by atoms with Gasteiger partial charge in [0.1, 0.15) is 0 Å². The number of aromatic nitrogens is 2. The largest absolute Gasteiger partial charge is 0.445 e. The monoisotopic (exact) mass is 372 g/mol. The minimum absolute atomic E-state index is 0.0118. The van der Waals surface area contributed by atoms with Crippen LogP contribution in [0.5, 0.6) is 11.5 Å². The molecule has 4 aromatic rings. The maximum absolute atomic E-state index is 14.8. The Hall–Kier alpha value is -3.48. The van der Waals surface area contributed by atoms with E-state index in [1.165, 1.54) is 12.1 Å². The van der Waals surface area contributed by atoms with Crippen molar-refractivity contribution in [1.29, 1.82) is 0 Å². The lowest BCUT2D eigenvalue weighted by atomic mass is 10.1. The van der Waals surface area contributed by atoms with Crippen LogP contribution in [0, 0.1) is 23.3 Å². The third kappa shape index (κ3) is 2.97. The van der Waals surface area contributed by atoms with Crippen LogP contribution in [-0.4, -0.2) is 9.97 Å². The van der Waals surface area contributed by atoms with Crippen molar-refractivity contribution in [2.45, 2.75) is 0 Å². The number of rotatable bonds is 4. The van der Waals surface area contributed by atoms with Crippen LogP contribution in [0.3, 0.4) is 0 Å². The highest BCUT2D eigenvalue weighted by Gasteiger charge is 2.23. The average molecular weight is 372 g/mol. The van der Waals surface area contributed by atoms with Gasteiger partial charge in [-0.3, -0.25) is 0 Å². The zero-order valence-electron chi connectivity index (χ0n) is 13.7. The van der Waals surface area contributed by atoms with Gasteiger partial charge in [0, 0.05) is 34.9 Å². The molecule has 0 aliphatic rings. The van der Waals surface area contributed by atoms with Gasteiger partial charge in [-0.05, 0) is 48.5 Å². The molecule has 136 valence electrons. The molecule has 2 heterocycles. The Morgan fingerprint density at radius 2 is 1.04 bits per heavy atom. The van der Waals surface area contributed by atoms with Crippen molar-refractivity contribution in [1.82, 2.24) is 9.97 Å². The van der Waals surface area contributed by atoms with Gasteiger partial charge >= 0.3 is 0 Å². The van der Waals surface area contributed by atoms with Gasteiger partial charge < -0.3 is 14.7 Å². The normalized spacial score (nSPS) is 11.0. The predicted molar refractivity (Wildman–Crippen MR) is 92.4 cm³/mol. The maximum atomic E-state index is 14.8. The lowest BCUT2D eigenvalue weighted by molar-refractivity contribution is 0.367. The Kier molecular flexibility index (Phi) is 4.19. The van der Waals surface area contributed by atoms with E-state index in [2.05, 4.69) is 9.97 Å². The number of halogens is 4. The van der Waals surface area contributed by atoms with E-state index in [0.29, 0.717) is 11.4 Å². The first-order chi connectivity index (χ1) is 13.1. The Labute approximate surface area is 151 Å². The number of H-pyrrole nitrogens is 2. The van der Waals surface area contributed by atoms with Gasteiger partial charge in [-0.2, -0.15) is 0 Å². The summed E-state index contributed by atoms with van der Waals surface area (Å²) in [6.07, 6.45) is 3.13. The quantitative estimate of drug-likeness (QED) is 0.422. The molecule has 2 N–H and O–H groups in total. The van der Waals surface area contributed by atoms with Gasteiger partial charge in [0.15, 0.2) is 34.8 Å². The van der Waals surface area contributed by atoms with Gasteiger partial charge in [-0.15, -0.1) is 0 Å². The molecule has 0 aliphatic carbocycles. The van der Waals surface area contributed by atoms with Crippen molar-refractivity contribution in [3.8, 4) is 34.0 Å². The van der Waals surface area contributed by atoms with Crippen molar-refractivity contribution < 1.29 is 22.3 Å². The molecule has 0 aliphatic heterocycles. The third-order valence-electron chi connectivity index (χ3n) is 4.08. The Morgan fingerprint density at radius 3 is 1.41 bits per heavy atom. The highest BCUT2D eigenvalue weighted by molar-refractivity contribution is 5.65. The first-order valence-electron chi connectivity index (χ1n) is 7.97. The van der Waals surface area contributed by atoms with Crippen LogP contribution >= 0.6 is 0 Å². The minimum Gasteiger partial charge on any atom is -0.445 e. The molecular formula is C20H12F4N2O. The molecule has 27 heavy (non-hydrogen) atoms. The summed E-state index contributed by atoms with van der Waals surface area (Å²) in [5.41, 5.74) is 0.771. The second-order valence-corrected chi connectivity index (χ2v) is 5.75. The molecule has 0 amide bonds. The fraction of sp³-hybridized carbons (Fsp3) is 0. The van der Waals surface area contributed by atoms with Crippen molar-refractivity contribution in [3.05, 3.63) is 84.2 Å². The van der Waals surface area contributed by atoms with E-state index in [4.69, 9.17) is 4.74 Å². The van der Waals surface area contributed by atoms with Crippen LogP contribution in [0.1, 0.15) is 0 Å². The molecular weight excluding hydrogens is 360 g/mol. The summed E-state index contributed by atoms with van der Waals surface area (Å²) >= 11 is 0. The van der Waals surface area contributed by atoms with Gasteiger partial charge in [-0.1, -0.05) is 0 Å². The lowest BCUT2D eigenvalue weighted by Crippen LogP contribution is -2.00. The van der Waals surface area contributed by atoms with Crippen LogP contribution in [0.4, 0.5) is 17.6 Å². The van der Waals surface area contributed by atoms with Crippen molar-refractivity contribution in [3.63, 3.8) is 0 Å². The van der Waals surface area contributed by atoms with Crippen molar-refractivity contribution >= 4 is 0 Å². The van der Waals surface area contributed by atoms with Gasteiger partial charge in [0.2, 0.25) is 0 Å². The Morgan fingerprint density at radius 1 is 0.593 bits per heavy atom. The standard InChI is InChI=1S/C20H12F4N2O/c21-13-7-5-11(15-3-1-9-25-15)17(23)19(13)27-20-14(22)8-6-12(18(20)24)16-4-2-10-26-16/h1-10,25-26H. The summed E-state index contributed by atoms with van der Waals surface area (Å²) in [5, 5.41) is 0. The fourth-order valence-electron chi connectivity index (χ4n) is 2.77. The van der Waals surface area contributed by atoms with Crippen molar-refractivity contribution in [2.24, 2.45) is 0 Å². The van der Waals surface area contributed by atoms with E-state index >= 15 is 0 Å². The molecule has 7 heteroatoms. The first kappa shape index (κ1) is 17.0. The molecule has 0 saturated heterocycles. The molecule has 2 aromatic heterocycles. The minimum atomic E-state index is -1.08. The number of benzene rings is 2. The fourth-order valence-corrected chi connectivity index (χ4v) is 2.77. The maximum Gasteiger partial charge on any atom is 0.199 e. The molecule has 0 bridgehead atoms. The summed E-state index contributed by atoms with van der Waals surface area (Å²) in [6.45, 7) is 0. The van der Waals surface area contributed by atoms with Gasteiger partial charge in [-0.25, -0.2) is 17.6 Å². The summed E-state index contributed by atoms with van der Waals surface area (Å²) < 4.78 is 63.0. The predicted octanol–water partition coefficient (Wildman–Crippen LogP) is 6.03. The van der Waals surface area contributed by atoms with E-state index in [-0.39, 0.29) is 11.1 Å². The SMILES string of the molecule is Fc1ccc(-c2ccc[nH]2)c(F)c1Oc1c(F)ccc(-c2ccc[nH]2)c1F. The lowest BCUT2D eigenvalue weighted by Gasteiger charge is -2.13. The van der Waals surface area contributed by atoms with Crippen LogP contribution in [0.2, 0.25) is 0 Å². The van der Waals surface area contributed by atoms with Gasteiger partial charge in [0.05, 0.1) is 0 Å². The van der Waals surface area contributed by atoms with E-state index in [9.17, 15) is 17.6 Å². The first-order valence-corrected chi connectivity index (χ1v) is 7.97. The zero-order chi connectivity index (χ0) is 19.0. The molecule has 0 radical (unpaired) electrons. The summed E-state index contributed by atoms with van der Waals surface area (Å²) in [5.74, 6) is -6.06. The highest BCUT2D eigenvalue weighted by atomic mass is 19.1. The molecule has 0 fully saturated rings. The van der Waals surface area contributed by atoms with Crippen LogP contribution in [0.15, 0.2) is 60.9 Å². The number of hydrogen-bond acceptors (Lipinski definition) is 1.